The summed E-state index contributed by atoms with van der Waals surface area (Å²) < 4.78 is 81.1. The summed E-state index contributed by atoms with van der Waals surface area (Å²) in [5.74, 6) is -10.2. The van der Waals surface area contributed by atoms with Gasteiger partial charge in [-0.2, -0.15) is 8.78 Å². The molecule has 8 heteroatoms. The first-order valence-corrected chi connectivity index (χ1v) is 6.28. The number of rotatable bonds is 4. The van der Waals surface area contributed by atoms with Crippen LogP contribution >= 0.6 is 0 Å². The fraction of sp³-hybridized carbons (Fsp3) is 0.200. The number of halogens is 6. The molecule has 0 amide bonds. The fourth-order valence-corrected chi connectivity index (χ4v) is 2.28. The SMILES string of the molecule is CC(CF)(c1ccc(O)cc1)c1c(F)c(F)c(OF)c(F)c1F. The number of aromatic hydroxyl groups is 1. The van der Waals surface area contributed by atoms with Crippen molar-refractivity contribution in [2.24, 2.45) is 0 Å². The molecule has 124 valence electrons. The molecule has 2 aromatic rings. The van der Waals surface area contributed by atoms with Gasteiger partial charge in [-0.25, -0.2) is 13.2 Å². The van der Waals surface area contributed by atoms with Gasteiger partial charge in [0.05, 0.1) is 5.41 Å². The molecule has 2 aromatic carbocycles. The second-order valence-corrected chi connectivity index (χ2v) is 5.05. The molecular formula is C15H10F6O2. The van der Waals surface area contributed by atoms with E-state index >= 15 is 0 Å². The first-order valence-electron chi connectivity index (χ1n) is 6.28. The molecule has 0 aliphatic heterocycles. The van der Waals surface area contributed by atoms with Gasteiger partial charge in [0, 0.05) is 10.1 Å². The smallest absolute Gasteiger partial charge is 0.249 e. The summed E-state index contributed by atoms with van der Waals surface area (Å²) in [4.78, 5) is 2.80. The van der Waals surface area contributed by atoms with Gasteiger partial charge >= 0.3 is 0 Å². The number of hydrogen-bond acceptors (Lipinski definition) is 2. The van der Waals surface area contributed by atoms with Crippen molar-refractivity contribution >= 4 is 0 Å². The van der Waals surface area contributed by atoms with Gasteiger partial charge in [-0.1, -0.05) is 12.1 Å². The number of phenolic OH excluding ortho intramolecular Hbond substituents is 1. The maximum atomic E-state index is 14.1. The predicted molar refractivity (Wildman–Crippen MR) is 68.5 cm³/mol. The highest BCUT2D eigenvalue weighted by Crippen LogP contribution is 2.41. The van der Waals surface area contributed by atoms with E-state index in [1.54, 1.807) is 0 Å². The summed E-state index contributed by atoms with van der Waals surface area (Å²) in [5.41, 5.74) is -3.41. The normalized spacial score (nSPS) is 13.7. The van der Waals surface area contributed by atoms with Gasteiger partial charge in [0.25, 0.3) is 0 Å². The summed E-state index contributed by atoms with van der Waals surface area (Å²) in [6.07, 6.45) is 0. The minimum absolute atomic E-state index is 0.0525. The van der Waals surface area contributed by atoms with Gasteiger partial charge in [-0.3, -0.25) is 4.94 Å². The largest absolute Gasteiger partial charge is 0.508 e. The Kier molecular flexibility index (Phi) is 4.44. The zero-order valence-corrected chi connectivity index (χ0v) is 11.6. The Bertz CT molecular complexity index is 703. The number of phenols is 1. The first-order chi connectivity index (χ1) is 10.8. The van der Waals surface area contributed by atoms with Crippen molar-refractivity contribution < 1.29 is 36.5 Å². The van der Waals surface area contributed by atoms with Crippen LogP contribution in [0.5, 0.6) is 11.5 Å². The van der Waals surface area contributed by atoms with Gasteiger partial charge in [0.2, 0.25) is 17.4 Å². The molecular weight excluding hydrogens is 326 g/mol. The first kappa shape index (κ1) is 17.0. The highest BCUT2D eigenvalue weighted by molar-refractivity contribution is 5.45. The quantitative estimate of drug-likeness (QED) is 0.659. The molecule has 0 heterocycles. The molecule has 0 aliphatic rings. The van der Waals surface area contributed by atoms with Gasteiger partial charge in [-0.05, 0) is 24.6 Å². The molecule has 0 aromatic heterocycles. The van der Waals surface area contributed by atoms with Crippen LogP contribution in [0.25, 0.3) is 0 Å². The van der Waals surface area contributed by atoms with E-state index < -0.39 is 46.7 Å². The summed E-state index contributed by atoms with van der Waals surface area (Å²) in [6.45, 7) is -0.407. The average molecular weight is 336 g/mol. The van der Waals surface area contributed by atoms with Crippen molar-refractivity contribution in [2.45, 2.75) is 12.3 Å². The van der Waals surface area contributed by atoms with Gasteiger partial charge in [0.1, 0.15) is 12.4 Å². The van der Waals surface area contributed by atoms with Crippen LogP contribution in [0.2, 0.25) is 0 Å². The van der Waals surface area contributed by atoms with Crippen molar-refractivity contribution in [3.8, 4) is 11.5 Å². The third kappa shape index (κ3) is 2.58. The van der Waals surface area contributed by atoms with E-state index in [4.69, 9.17) is 0 Å². The molecule has 0 spiro atoms. The van der Waals surface area contributed by atoms with Crippen LogP contribution in [0.3, 0.4) is 0 Å². The van der Waals surface area contributed by atoms with Crippen LogP contribution in [0.4, 0.5) is 26.5 Å². The van der Waals surface area contributed by atoms with Crippen LogP contribution in [-0.2, 0) is 5.41 Å². The maximum absolute atomic E-state index is 14.1. The van der Waals surface area contributed by atoms with Gasteiger partial charge in [-0.15, -0.1) is 0 Å². The lowest BCUT2D eigenvalue weighted by Gasteiger charge is -2.29. The molecule has 0 saturated carbocycles. The lowest BCUT2D eigenvalue weighted by atomic mass is 9.76. The van der Waals surface area contributed by atoms with Crippen molar-refractivity contribution in [1.29, 1.82) is 0 Å². The molecule has 0 fully saturated rings. The van der Waals surface area contributed by atoms with E-state index in [1.165, 1.54) is 0 Å². The van der Waals surface area contributed by atoms with Crippen LogP contribution in [0.1, 0.15) is 18.1 Å². The highest BCUT2D eigenvalue weighted by atomic mass is 19.3. The van der Waals surface area contributed by atoms with Crippen LogP contribution in [0.15, 0.2) is 24.3 Å². The standard InChI is InChI=1S/C15H10F6O2/c1-15(6-16,7-2-4-8(22)5-3-7)9-10(17)12(19)14(23-21)13(20)11(9)18/h2-5,22H,6H2,1H3. The lowest BCUT2D eigenvalue weighted by Crippen LogP contribution is -2.30. The molecule has 23 heavy (non-hydrogen) atoms. The Morgan fingerprint density at radius 2 is 1.43 bits per heavy atom. The Morgan fingerprint density at radius 3 is 1.83 bits per heavy atom. The van der Waals surface area contributed by atoms with E-state index in [-0.39, 0.29) is 11.3 Å². The predicted octanol–water partition coefficient (Wildman–Crippen LogP) is 4.49. The molecule has 2 nitrogen and oxygen atoms in total. The number of hydrogen-bond donors (Lipinski definition) is 1. The van der Waals surface area contributed by atoms with Crippen molar-refractivity contribution in [1.82, 2.24) is 0 Å². The minimum Gasteiger partial charge on any atom is -0.508 e. The Morgan fingerprint density at radius 1 is 0.957 bits per heavy atom. The van der Waals surface area contributed by atoms with E-state index in [0.717, 1.165) is 31.2 Å². The topological polar surface area (TPSA) is 29.5 Å². The second-order valence-electron chi connectivity index (χ2n) is 5.05. The Labute approximate surface area is 126 Å². The van der Waals surface area contributed by atoms with E-state index in [1.807, 2.05) is 0 Å². The van der Waals surface area contributed by atoms with Crippen LogP contribution in [0, 0.1) is 23.3 Å². The van der Waals surface area contributed by atoms with Crippen molar-refractivity contribution in [3.63, 3.8) is 0 Å². The van der Waals surface area contributed by atoms with Crippen molar-refractivity contribution in [3.05, 3.63) is 58.7 Å². The fourth-order valence-electron chi connectivity index (χ4n) is 2.28. The van der Waals surface area contributed by atoms with E-state index in [9.17, 15) is 31.6 Å². The summed E-state index contributed by atoms with van der Waals surface area (Å²) in [7, 11) is 0. The second kappa shape index (κ2) is 6.02. The lowest BCUT2D eigenvalue weighted by molar-refractivity contribution is -0.0171. The molecule has 0 aliphatic carbocycles. The molecule has 2 rings (SSSR count). The molecule has 0 saturated heterocycles. The van der Waals surface area contributed by atoms with E-state index in [0.29, 0.717) is 0 Å². The molecule has 0 bridgehead atoms. The molecule has 1 unspecified atom stereocenters. The Hall–Kier alpha value is -2.38. The summed E-state index contributed by atoms with van der Waals surface area (Å²) in [6, 6.07) is 4.52. The van der Waals surface area contributed by atoms with Crippen LogP contribution in [-0.4, -0.2) is 11.8 Å². The summed E-state index contributed by atoms with van der Waals surface area (Å²) in [5, 5.41) is 9.21. The Balaban J connectivity index is 2.79. The third-order valence-electron chi connectivity index (χ3n) is 3.62. The van der Waals surface area contributed by atoms with Gasteiger partial charge in [0.15, 0.2) is 11.6 Å². The number of benzene rings is 2. The van der Waals surface area contributed by atoms with Crippen LogP contribution < -0.4 is 4.94 Å². The number of alkyl halides is 1. The zero-order chi connectivity index (χ0) is 17.4. The van der Waals surface area contributed by atoms with Crippen molar-refractivity contribution in [2.75, 3.05) is 6.67 Å². The molecule has 1 N–H and O–H groups in total. The maximum Gasteiger partial charge on any atom is 0.249 e. The average Bonchev–Trinajstić information content (AvgIpc) is 2.54. The third-order valence-corrected chi connectivity index (χ3v) is 3.62. The molecule has 1 atom stereocenters. The van der Waals surface area contributed by atoms with Gasteiger partial charge < -0.3 is 5.11 Å². The zero-order valence-electron chi connectivity index (χ0n) is 11.6. The van der Waals surface area contributed by atoms with E-state index in [2.05, 4.69) is 4.94 Å². The summed E-state index contributed by atoms with van der Waals surface area (Å²) >= 11 is 0. The minimum atomic E-state index is -2.11. The monoisotopic (exact) mass is 336 g/mol. The molecule has 0 radical (unpaired) electrons. The highest BCUT2D eigenvalue weighted by Gasteiger charge is 2.40.